The van der Waals surface area contributed by atoms with E-state index in [1.807, 2.05) is 0 Å². The van der Waals surface area contributed by atoms with E-state index >= 15 is 0 Å². The number of benzene rings is 1. The Hall–Kier alpha value is -0.570. The van der Waals surface area contributed by atoms with E-state index in [0.717, 1.165) is 4.47 Å². The quantitative estimate of drug-likeness (QED) is 0.788. The largest absolute Gasteiger partial charge is 0.508 e. The summed E-state index contributed by atoms with van der Waals surface area (Å²) in [5.74, 6) is -0.00861. The van der Waals surface area contributed by atoms with Crippen LogP contribution in [0.4, 0.5) is 4.39 Å². The van der Waals surface area contributed by atoms with Crippen LogP contribution in [0.2, 0.25) is 0 Å². The second kappa shape index (κ2) is 3.05. The van der Waals surface area contributed by atoms with Gasteiger partial charge in [0.2, 0.25) is 0 Å². The van der Waals surface area contributed by atoms with Crippen LogP contribution in [0, 0.1) is 0 Å². The second-order valence-electron chi connectivity index (χ2n) is 3.13. The van der Waals surface area contributed by atoms with Crippen molar-refractivity contribution in [2.24, 2.45) is 0 Å². The molecule has 1 rings (SSSR count). The molecule has 0 saturated carbocycles. The van der Waals surface area contributed by atoms with Crippen LogP contribution < -0.4 is 0 Å². The van der Waals surface area contributed by atoms with Crippen LogP contribution in [-0.4, -0.2) is 5.11 Å². The molecule has 0 aliphatic rings. The average Bonchev–Trinajstić information content (AvgIpc) is 1.92. The van der Waals surface area contributed by atoms with E-state index in [1.54, 1.807) is 12.1 Å². The fraction of sp³-hybridized carbons (Fsp3) is 0.333. The third kappa shape index (κ3) is 1.97. The van der Waals surface area contributed by atoms with Crippen molar-refractivity contribution in [1.82, 2.24) is 0 Å². The van der Waals surface area contributed by atoms with Gasteiger partial charge in [-0.2, -0.15) is 0 Å². The number of hydrogen-bond acceptors (Lipinski definition) is 1. The van der Waals surface area contributed by atoms with E-state index in [4.69, 9.17) is 0 Å². The van der Waals surface area contributed by atoms with Gasteiger partial charge in [-0.05, 0) is 32.0 Å². The van der Waals surface area contributed by atoms with Crippen LogP contribution in [0.5, 0.6) is 5.75 Å². The summed E-state index contributed by atoms with van der Waals surface area (Å²) in [4.78, 5) is 0. The molecule has 0 unspecified atom stereocenters. The summed E-state index contributed by atoms with van der Waals surface area (Å²) in [5, 5.41) is 9.31. The van der Waals surface area contributed by atoms with Gasteiger partial charge in [-0.25, -0.2) is 4.39 Å². The number of rotatable bonds is 1. The lowest BCUT2D eigenvalue weighted by atomic mass is 9.99. The minimum Gasteiger partial charge on any atom is -0.508 e. The standard InChI is InChI=1S/C9H10BrFO/c1-9(2,11)7-5-6(10)3-4-8(7)12/h3-5,12H,1-2H3. The zero-order valence-electron chi connectivity index (χ0n) is 6.94. The summed E-state index contributed by atoms with van der Waals surface area (Å²) >= 11 is 3.21. The number of aromatic hydroxyl groups is 1. The van der Waals surface area contributed by atoms with Gasteiger partial charge in [-0.15, -0.1) is 0 Å². The summed E-state index contributed by atoms with van der Waals surface area (Å²) in [6.07, 6.45) is 0. The molecule has 0 spiro atoms. The summed E-state index contributed by atoms with van der Waals surface area (Å²) in [5.41, 5.74) is -1.20. The fourth-order valence-corrected chi connectivity index (χ4v) is 1.35. The first-order chi connectivity index (χ1) is 5.41. The maximum absolute atomic E-state index is 13.4. The maximum Gasteiger partial charge on any atom is 0.134 e. The van der Waals surface area contributed by atoms with E-state index in [1.165, 1.54) is 19.9 Å². The lowest BCUT2D eigenvalue weighted by Gasteiger charge is -2.16. The number of phenols is 1. The Morgan fingerprint density at radius 2 is 2.00 bits per heavy atom. The molecule has 3 heteroatoms. The van der Waals surface area contributed by atoms with Gasteiger partial charge < -0.3 is 5.11 Å². The highest BCUT2D eigenvalue weighted by molar-refractivity contribution is 9.10. The van der Waals surface area contributed by atoms with Crippen molar-refractivity contribution in [2.75, 3.05) is 0 Å². The number of halogens is 2. The van der Waals surface area contributed by atoms with Crippen molar-refractivity contribution in [1.29, 1.82) is 0 Å². The normalized spacial score (nSPS) is 11.7. The fourth-order valence-electron chi connectivity index (χ4n) is 0.984. The van der Waals surface area contributed by atoms with Gasteiger partial charge in [0.1, 0.15) is 11.4 Å². The zero-order chi connectivity index (χ0) is 9.35. The monoisotopic (exact) mass is 232 g/mol. The Balaban J connectivity index is 3.23. The Morgan fingerprint density at radius 3 is 2.42 bits per heavy atom. The molecule has 0 heterocycles. The Labute approximate surface area is 79.4 Å². The minimum absolute atomic E-state index is 0.00861. The molecule has 0 fully saturated rings. The predicted octanol–water partition coefficient (Wildman–Crippen LogP) is 3.36. The molecule has 0 saturated heterocycles. The van der Waals surface area contributed by atoms with Crippen LogP contribution >= 0.6 is 15.9 Å². The third-order valence-electron chi connectivity index (χ3n) is 1.60. The molecule has 1 N–H and O–H groups in total. The highest BCUT2D eigenvalue weighted by atomic mass is 79.9. The van der Waals surface area contributed by atoms with E-state index < -0.39 is 5.67 Å². The van der Waals surface area contributed by atoms with Crippen LogP contribution in [0.1, 0.15) is 19.4 Å². The minimum atomic E-state index is -1.51. The Kier molecular flexibility index (Phi) is 2.42. The molecular formula is C9H10BrFO. The first kappa shape index (κ1) is 9.52. The summed E-state index contributed by atoms with van der Waals surface area (Å²) in [7, 11) is 0. The van der Waals surface area contributed by atoms with Crippen LogP contribution in [0.25, 0.3) is 0 Å². The molecule has 66 valence electrons. The first-order valence-electron chi connectivity index (χ1n) is 3.59. The van der Waals surface area contributed by atoms with E-state index in [9.17, 15) is 9.50 Å². The molecule has 0 amide bonds. The molecule has 0 atom stereocenters. The van der Waals surface area contributed by atoms with Gasteiger partial charge >= 0.3 is 0 Å². The summed E-state index contributed by atoms with van der Waals surface area (Å²) in [6, 6.07) is 4.72. The Bertz CT molecular complexity index is 291. The van der Waals surface area contributed by atoms with Crippen molar-refractivity contribution in [2.45, 2.75) is 19.5 Å². The van der Waals surface area contributed by atoms with Crippen LogP contribution in [0.3, 0.4) is 0 Å². The Morgan fingerprint density at radius 1 is 1.42 bits per heavy atom. The number of phenolic OH excluding ortho intramolecular Hbond substituents is 1. The summed E-state index contributed by atoms with van der Waals surface area (Å²) < 4.78 is 14.1. The smallest absolute Gasteiger partial charge is 0.134 e. The lowest BCUT2D eigenvalue weighted by molar-refractivity contribution is 0.214. The van der Waals surface area contributed by atoms with E-state index in [2.05, 4.69) is 15.9 Å². The van der Waals surface area contributed by atoms with Crippen molar-refractivity contribution in [3.63, 3.8) is 0 Å². The molecule has 0 bridgehead atoms. The number of alkyl halides is 1. The molecule has 12 heavy (non-hydrogen) atoms. The molecule has 0 radical (unpaired) electrons. The van der Waals surface area contributed by atoms with Crippen LogP contribution in [-0.2, 0) is 5.67 Å². The second-order valence-corrected chi connectivity index (χ2v) is 4.05. The molecule has 0 aliphatic heterocycles. The van der Waals surface area contributed by atoms with Gasteiger partial charge in [-0.3, -0.25) is 0 Å². The van der Waals surface area contributed by atoms with Crippen molar-refractivity contribution >= 4 is 15.9 Å². The zero-order valence-corrected chi connectivity index (χ0v) is 8.52. The highest BCUT2D eigenvalue weighted by Gasteiger charge is 2.22. The maximum atomic E-state index is 13.4. The van der Waals surface area contributed by atoms with Gasteiger partial charge in [0.15, 0.2) is 0 Å². The van der Waals surface area contributed by atoms with Crippen molar-refractivity contribution in [3.8, 4) is 5.75 Å². The highest BCUT2D eigenvalue weighted by Crippen LogP contribution is 2.33. The van der Waals surface area contributed by atoms with Gasteiger partial charge in [0.25, 0.3) is 0 Å². The van der Waals surface area contributed by atoms with Gasteiger partial charge in [-0.1, -0.05) is 15.9 Å². The lowest BCUT2D eigenvalue weighted by Crippen LogP contribution is -2.08. The predicted molar refractivity (Wildman–Crippen MR) is 49.9 cm³/mol. The number of hydrogen-bond donors (Lipinski definition) is 1. The first-order valence-corrected chi connectivity index (χ1v) is 4.38. The third-order valence-corrected chi connectivity index (χ3v) is 2.09. The van der Waals surface area contributed by atoms with Gasteiger partial charge in [0, 0.05) is 10.0 Å². The molecule has 0 aromatic heterocycles. The van der Waals surface area contributed by atoms with Crippen LogP contribution in [0.15, 0.2) is 22.7 Å². The molecular weight excluding hydrogens is 223 g/mol. The molecule has 0 aliphatic carbocycles. The van der Waals surface area contributed by atoms with Gasteiger partial charge in [0.05, 0.1) is 0 Å². The van der Waals surface area contributed by atoms with E-state index in [0.29, 0.717) is 5.56 Å². The molecule has 1 aromatic carbocycles. The average molecular weight is 233 g/mol. The van der Waals surface area contributed by atoms with Crippen molar-refractivity contribution < 1.29 is 9.50 Å². The van der Waals surface area contributed by atoms with Crippen molar-refractivity contribution in [3.05, 3.63) is 28.2 Å². The summed E-state index contributed by atoms with van der Waals surface area (Å²) in [6.45, 7) is 2.82. The van der Waals surface area contributed by atoms with E-state index in [-0.39, 0.29) is 5.75 Å². The molecule has 1 aromatic rings. The topological polar surface area (TPSA) is 20.2 Å². The molecule has 1 nitrogen and oxygen atoms in total. The SMILES string of the molecule is CC(C)(F)c1cc(Br)ccc1O.